The van der Waals surface area contributed by atoms with Gasteiger partial charge in [0, 0.05) is 39.1 Å². The van der Waals surface area contributed by atoms with Crippen LogP contribution in [0.5, 0.6) is 0 Å². The Morgan fingerprint density at radius 2 is 2.00 bits per heavy atom. The Morgan fingerprint density at radius 3 is 2.64 bits per heavy atom. The number of aromatic nitrogens is 3. The van der Waals surface area contributed by atoms with Crippen molar-refractivity contribution < 1.29 is 14.6 Å². The fourth-order valence-electron chi connectivity index (χ4n) is 3.89. The molecule has 0 aromatic carbocycles. The molecule has 8 heteroatoms. The number of carbonyl (C=O) groups excluding carboxylic acids is 1. The minimum atomic E-state index is -0.526. The van der Waals surface area contributed by atoms with Gasteiger partial charge in [0.25, 0.3) is 0 Å². The molecule has 0 spiro atoms. The molecule has 1 aromatic heterocycles. The molecule has 2 aliphatic heterocycles. The topological polar surface area (TPSA) is 83.7 Å². The lowest BCUT2D eigenvalue weighted by Crippen LogP contribution is -2.60. The van der Waals surface area contributed by atoms with Gasteiger partial charge in [-0.15, -0.1) is 10.2 Å². The summed E-state index contributed by atoms with van der Waals surface area (Å²) in [6.07, 6.45) is 1.94. The van der Waals surface area contributed by atoms with Gasteiger partial charge in [0.2, 0.25) is 5.91 Å². The highest BCUT2D eigenvalue weighted by Crippen LogP contribution is 2.28. The fourth-order valence-corrected chi connectivity index (χ4v) is 3.89. The van der Waals surface area contributed by atoms with Crippen LogP contribution >= 0.6 is 0 Å². The van der Waals surface area contributed by atoms with Crippen LogP contribution in [0.4, 0.5) is 0 Å². The van der Waals surface area contributed by atoms with Crippen LogP contribution in [0.3, 0.4) is 0 Å². The van der Waals surface area contributed by atoms with E-state index in [1.165, 1.54) is 0 Å². The van der Waals surface area contributed by atoms with Gasteiger partial charge in [-0.05, 0) is 26.7 Å². The number of nitrogens with zero attached hydrogens (tertiary/aromatic N) is 5. The number of hydrogen-bond donors (Lipinski definition) is 1. The van der Waals surface area contributed by atoms with Crippen molar-refractivity contribution in [2.45, 2.75) is 44.8 Å². The molecule has 8 nitrogen and oxygen atoms in total. The Kier molecular flexibility index (Phi) is 5.41. The summed E-state index contributed by atoms with van der Waals surface area (Å²) >= 11 is 0. The highest BCUT2D eigenvalue weighted by molar-refractivity contribution is 5.85. The van der Waals surface area contributed by atoms with Gasteiger partial charge >= 0.3 is 0 Å². The maximum absolute atomic E-state index is 13.2. The summed E-state index contributed by atoms with van der Waals surface area (Å²) in [6.45, 7) is 8.29. The summed E-state index contributed by atoms with van der Waals surface area (Å²) in [5.74, 6) is 1.75. The summed E-state index contributed by atoms with van der Waals surface area (Å²) in [5, 5.41) is 17.6. The molecule has 25 heavy (non-hydrogen) atoms. The minimum absolute atomic E-state index is 0.122. The van der Waals surface area contributed by atoms with Gasteiger partial charge in [0.1, 0.15) is 12.4 Å². The predicted octanol–water partition coefficient (Wildman–Crippen LogP) is 0.124. The lowest BCUT2D eigenvalue weighted by molar-refractivity contribution is -0.146. The number of hydrogen-bond acceptors (Lipinski definition) is 6. The molecule has 1 aromatic rings. The highest BCUT2D eigenvalue weighted by atomic mass is 16.5. The minimum Gasteiger partial charge on any atom is -0.388 e. The molecule has 1 atom stereocenters. The quantitative estimate of drug-likeness (QED) is 0.830. The smallest absolute Gasteiger partial charge is 0.242 e. The molecule has 1 N–H and O–H groups in total. The number of morpholine rings is 1. The zero-order valence-corrected chi connectivity index (χ0v) is 15.4. The Hall–Kier alpha value is -1.51. The standard InChI is InChI=1S/C17H29N5O3/c1-17(2,22-7-9-25-10-8-22)16(24)21-6-4-5-13(11-21)15-19-18-14(12-23)20(15)3/h13,23H,4-12H2,1-3H3/t13-/m1/s1. The van der Waals surface area contributed by atoms with Crippen LogP contribution in [-0.4, -0.2) is 80.5 Å². The fraction of sp³-hybridized carbons (Fsp3) is 0.824. The molecule has 140 valence electrons. The van der Waals surface area contributed by atoms with E-state index in [1.807, 2.05) is 30.4 Å². The molecule has 2 fully saturated rings. The Labute approximate surface area is 148 Å². The third-order valence-electron chi connectivity index (χ3n) is 5.54. The molecule has 0 unspecified atom stereocenters. The number of carbonyl (C=O) groups is 1. The summed E-state index contributed by atoms with van der Waals surface area (Å²) in [7, 11) is 1.87. The molecule has 0 saturated carbocycles. The Bertz CT molecular complexity index is 609. The van der Waals surface area contributed by atoms with Gasteiger partial charge in [0.15, 0.2) is 5.82 Å². The van der Waals surface area contributed by atoms with Gasteiger partial charge in [-0.2, -0.15) is 0 Å². The number of rotatable bonds is 4. The second-order valence-electron chi connectivity index (χ2n) is 7.44. The first-order valence-corrected chi connectivity index (χ1v) is 9.06. The zero-order chi connectivity index (χ0) is 18.0. The van der Waals surface area contributed by atoms with Crippen LogP contribution in [0.1, 0.15) is 44.3 Å². The van der Waals surface area contributed by atoms with Crippen LogP contribution in [-0.2, 0) is 23.2 Å². The molecular weight excluding hydrogens is 322 g/mol. The number of ether oxygens (including phenoxy) is 1. The largest absolute Gasteiger partial charge is 0.388 e. The summed E-state index contributed by atoms with van der Waals surface area (Å²) in [4.78, 5) is 17.4. The number of amides is 1. The van der Waals surface area contributed by atoms with E-state index in [9.17, 15) is 9.90 Å². The third kappa shape index (κ3) is 3.56. The molecule has 0 bridgehead atoms. The van der Waals surface area contributed by atoms with E-state index in [0.717, 1.165) is 38.3 Å². The molecule has 0 radical (unpaired) electrons. The molecule has 0 aliphatic carbocycles. The van der Waals surface area contributed by atoms with Crippen LogP contribution in [0, 0.1) is 0 Å². The first-order chi connectivity index (χ1) is 11.9. The van der Waals surface area contributed by atoms with E-state index in [4.69, 9.17) is 4.74 Å². The molecule has 3 rings (SSSR count). The van der Waals surface area contributed by atoms with E-state index >= 15 is 0 Å². The molecule has 1 amide bonds. The monoisotopic (exact) mass is 351 g/mol. The Morgan fingerprint density at radius 1 is 1.28 bits per heavy atom. The second-order valence-corrected chi connectivity index (χ2v) is 7.44. The SMILES string of the molecule is Cn1c(CO)nnc1[C@@H]1CCCN(C(=O)C(C)(C)N2CCOCC2)C1. The first-order valence-electron chi connectivity index (χ1n) is 9.06. The van der Waals surface area contributed by atoms with Crippen molar-refractivity contribution in [1.29, 1.82) is 0 Å². The first kappa shape index (κ1) is 18.3. The molecule has 2 saturated heterocycles. The number of aliphatic hydroxyl groups is 1. The third-order valence-corrected chi connectivity index (χ3v) is 5.54. The van der Waals surface area contributed by atoms with Crippen molar-refractivity contribution in [3.05, 3.63) is 11.6 Å². The lowest BCUT2D eigenvalue weighted by Gasteiger charge is -2.44. The van der Waals surface area contributed by atoms with Crippen LogP contribution < -0.4 is 0 Å². The van der Waals surface area contributed by atoms with Gasteiger partial charge in [-0.1, -0.05) is 0 Å². The molecule has 3 heterocycles. The summed E-state index contributed by atoms with van der Waals surface area (Å²) < 4.78 is 7.27. The van der Waals surface area contributed by atoms with E-state index in [1.54, 1.807) is 0 Å². The second kappa shape index (κ2) is 7.39. The zero-order valence-electron chi connectivity index (χ0n) is 15.4. The molecule has 2 aliphatic rings. The van der Waals surface area contributed by atoms with E-state index < -0.39 is 5.54 Å². The van der Waals surface area contributed by atoms with Crippen molar-refractivity contribution in [2.24, 2.45) is 7.05 Å². The predicted molar refractivity (Wildman–Crippen MR) is 92.0 cm³/mol. The number of likely N-dealkylation sites (tertiary alicyclic amines) is 1. The van der Waals surface area contributed by atoms with Gasteiger partial charge in [-0.3, -0.25) is 9.69 Å². The average Bonchev–Trinajstić information content (AvgIpc) is 3.02. The normalized spacial score (nSPS) is 23.0. The van der Waals surface area contributed by atoms with Crippen LogP contribution in [0.25, 0.3) is 0 Å². The number of piperidine rings is 1. The van der Waals surface area contributed by atoms with Crippen LogP contribution in [0.2, 0.25) is 0 Å². The van der Waals surface area contributed by atoms with Gasteiger partial charge in [-0.25, -0.2) is 0 Å². The van der Waals surface area contributed by atoms with Crippen molar-refractivity contribution in [3.63, 3.8) is 0 Å². The maximum Gasteiger partial charge on any atom is 0.242 e. The van der Waals surface area contributed by atoms with Crippen molar-refractivity contribution >= 4 is 5.91 Å². The summed E-state index contributed by atoms with van der Waals surface area (Å²) in [6, 6.07) is 0. The van der Waals surface area contributed by atoms with E-state index in [0.29, 0.717) is 25.6 Å². The van der Waals surface area contributed by atoms with Crippen molar-refractivity contribution in [2.75, 3.05) is 39.4 Å². The highest BCUT2D eigenvalue weighted by Gasteiger charge is 2.40. The maximum atomic E-state index is 13.2. The number of aliphatic hydroxyl groups excluding tert-OH is 1. The van der Waals surface area contributed by atoms with Crippen molar-refractivity contribution in [1.82, 2.24) is 24.6 Å². The van der Waals surface area contributed by atoms with E-state index in [-0.39, 0.29) is 18.4 Å². The average molecular weight is 351 g/mol. The lowest BCUT2D eigenvalue weighted by atomic mass is 9.93. The van der Waals surface area contributed by atoms with Crippen molar-refractivity contribution in [3.8, 4) is 0 Å². The van der Waals surface area contributed by atoms with E-state index in [2.05, 4.69) is 15.1 Å². The van der Waals surface area contributed by atoms with Crippen LogP contribution in [0.15, 0.2) is 0 Å². The molecular formula is C17H29N5O3. The Balaban J connectivity index is 1.71. The van der Waals surface area contributed by atoms with Gasteiger partial charge in [0.05, 0.1) is 18.8 Å². The summed E-state index contributed by atoms with van der Waals surface area (Å²) in [5.41, 5.74) is -0.526. The van der Waals surface area contributed by atoms with Gasteiger partial charge < -0.3 is 19.3 Å².